The number of unbranched alkanes of at least 4 members (excludes halogenated alkanes) is 1. The van der Waals surface area contributed by atoms with Gasteiger partial charge < -0.3 is 19.1 Å². The molecule has 0 unspecified atom stereocenters. The van der Waals surface area contributed by atoms with Crippen LogP contribution in [0.1, 0.15) is 50.3 Å². The first-order valence-electron chi connectivity index (χ1n) is 10.5. The molecule has 0 bridgehead atoms. The van der Waals surface area contributed by atoms with Crippen LogP contribution in [0.4, 0.5) is 5.69 Å². The van der Waals surface area contributed by atoms with E-state index in [9.17, 15) is 4.79 Å². The molecular formula is C24H29NO4. The Hall–Kier alpha value is -2.37. The van der Waals surface area contributed by atoms with Gasteiger partial charge in [-0.3, -0.25) is 4.79 Å². The van der Waals surface area contributed by atoms with Crippen molar-refractivity contribution in [2.75, 3.05) is 18.1 Å². The summed E-state index contributed by atoms with van der Waals surface area (Å²) in [5, 5.41) is 0. The molecule has 2 aromatic rings. The summed E-state index contributed by atoms with van der Waals surface area (Å²) in [7, 11) is 0. The molecule has 2 heterocycles. The van der Waals surface area contributed by atoms with Crippen LogP contribution in [0.3, 0.4) is 0 Å². The van der Waals surface area contributed by atoms with Crippen molar-refractivity contribution in [1.29, 1.82) is 0 Å². The molecule has 0 aromatic heterocycles. The van der Waals surface area contributed by atoms with E-state index in [0.29, 0.717) is 19.8 Å². The molecule has 0 radical (unpaired) electrons. The van der Waals surface area contributed by atoms with Crippen LogP contribution >= 0.6 is 0 Å². The number of hydrogen-bond acceptors (Lipinski definition) is 4. The van der Waals surface area contributed by atoms with Crippen LogP contribution in [-0.4, -0.2) is 25.2 Å². The van der Waals surface area contributed by atoms with Crippen molar-refractivity contribution < 1.29 is 19.0 Å². The van der Waals surface area contributed by atoms with E-state index in [1.807, 2.05) is 44.2 Å². The molecular weight excluding hydrogens is 366 g/mol. The largest absolute Gasteiger partial charge is 0.491 e. The summed E-state index contributed by atoms with van der Waals surface area (Å²) in [5.74, 6) is -0.659. The number of nitrogens with zero attached hydrogens (tertiary/aromatic N) is 1. The summed E-state index contributed by atoms with van der Waals surface area (Å²) >= 11 is 0. The van der Waals surface area contributed by atoms with Gasteiger partial charge >= 0.3 is 0 Å². The molecule has 2 aliphatic heterocycles. The number of carbonyl (C=O) groups excluding carboxylic acids is 1. The normalized spacial score (nSPS) is 17.4. The van der Waals surface area contributed by atoms with E-state index < -0.39 is 5.79 Å². The van der Waals surface area contributed by atoms with Gasteiger partial charge in [-0.1, -0.05) is 37.6 Å². The molecule has 2 aliphatic rings. The van der Waals surface area contributed by atoms with Gasteiger partial charge in [-0.05, 0) is 50.5 Å². The van der Waals surface area contributed by atoms with E-state index >= 15 is 0 Å². The Bertz CT molecular complexity index is 886. The highest BCUT2D eigenvalue weighted by Gasteiger charge is 2.56. The highest BCUT2D eigenvalue weighted by Crippen LogP contribution is 2.47. The third kappa shape index (κ3) is 3.65. The number of benzene rings is 2. The van der Waals surface area contributed by atoms with Gasteiger partial charge in [0, 0.05) is 11.1 Å². The Morgan fingerprint density at radius 1 is 1.14 bits per heavy atom. The second kappa shape index (κ2) is 8.17. The Balaban J connectivity index is 1.70. The summed E-state index contributed by atoms with van der Waals surface area (Å²) in [6.07, 6.45) is 3.29. The maximum atomic E-state index is 13.5. The molecule has 1 fully saturated rings. The van der Waals surface area contributed by atoms with Crippen LogP contribution in [-0.2, 0) is 33.0 Å². The highest BCUT2D eigenvalue weighted by atomic mass is 16.7. The molecule has 0 aliphatic carbocycles. The second-order valence-electron chi connectivity index (χ2n) is 7.93. The zero-order valence-corrected chi connectivity index (χ0v) is 17.4. The average Bonchev–Trinajstić information content (AvgIpc) is 3.29. The minimum Gasteiger partial charge on any atom is -0.491 e. The number of anilines is 1. The van der Waals surface area contributed by atoms with Crippen molar-refractivity contribution in [2.24, 2.45) is 0 Å². The van der Waals surface area contributed by atoms with Crippen molar-refractivity contribution in [3.8, 4) is 5.75 Å². The Kier molecular flexibility index (Phi) is 5.61. The van der Waals surface area contributed by atoms with E-state index in [-0.39, 0.29) is 12.0 Å². The molecule has 2 aromatic carbocycles. The van der Waals surface area contributed by atoms with Crippen molar-refractivity contribution in [3.05, 3.63) is 59.2 Å². The molecule has 0 atom stereocenters. The van der Waals surface area contributed by atoms with Gasteiger partial charge in [-0.25, -0.2) is 0 Å². The summed E-state index contributed by atoms with van der Waals surface area (Å²) < 4.78 is 17.8. The van der Waals surface area contributed by atoms with Crippen LogP contribution in [0.2, 0.25) is 0 Å². The lowest BCUT2D eigenvalue weighted by Crippen LogP contribution is -2.41. The van der Waals surface area contributed by atoms with Gasteiger partial charge in [-0.15, -0.1) is 0 Å². The first kappa shape index (κ1) is 19.9. The number of para-hydroxylation sites is 1. The average molecular weight is 395 g/mol. The Morgan fingerprint density at radius 2 is 1.90 bits per heavy atom. The van der Waals surface area contributed by atoms with E-state index in [1.54, 1.807) is 4.90 Å². The molecule has 29 heavy (non-hydrogen) atoms. The van der Waals surface area contributed by atoms with Crippen molar-refractivity contribution >= 4 is 11.6 Å². The Labute approximate surface area is 172 Å². The smallest absolute Gasteiger partial charge is 0.292 e. The molecule has 0 saturated carbocycles. The second-order valence-corrected chi connectivity index (χ2v) is 7.93. The quantitative estimate of drug-likeness (QED) is 0.689. The standard InChI is InChI=1S/C24H29NO4/c1-4-5-8-18-11-12-21-20(15-18)24(27-13-14-28-24)23(26)25(21)16-19-9-6-7-10-22(19)29-17(2)3/h6-7,9-12,15,17H,4-5,8,13-14,16H2,1-3H3. The molecule has 0 N–H and O–H groups in total. The third-order valence-corrected chi connectivity index (χ3v) is 5.41. The zero-order chi connectivity index (χ0) is 20.4. The van der Waals surface area contributed by atoms with Crippen LogP contribution in [0.15, 0.2) is 42.5 Å². The molecule has 1 spiro atoms. The maximum Gasteiger partial charge on any atom is 0.292 e. The van der Waals surface area contributed by atoms with Gasteiger partial charge in [0.05, 0.1) is 31.5 Å². The first-order chi connectivity index (χ1) is 14.0. The predicted octanol–water partition coefficient (Wildman–Crippen LogP) is 4.56. The highest BCUT2D eigenvalue weighted by molar-refractivity contribution is 6.06. The van der Waals surface area contributed by atoms with Gasteiger partial charge in [-0.2, -0.15) is 0 Å². The molecule has 1 saturated heterocycles. The summed E-state index contributed by atoms with van der Waals surface area (Å²) in [5.41, 5.74) is 3.86. The van der Waals surface area contributed by atoms with Crippen molar-refractivity contribution in [1.82, 2.24) is 0 Å². The first-order valence-corrected chi connectivity index (χ1v) is 10.5. The minimum atomic E-state index is -1.30. The molecule has 4 rings (SSSR count). The van der Waals surface area contributed by atoms with E-state index in [1.165, 1.54) is 5.56 Å². The Morgan fingerprint density at radius 3 is 2.62 bits per heavy atom. The number of ether oxygens (including phenoxy) is 3. The van der Waals surface area contributed by atoms with E-state index in [4.69, 9.17) is 14.2 Å². The van der Waals surface area contributed by atoms with Gasteiger partial charge in [0.1, 0.15) is 5.75 Å². The van der Waals surface area contributed by atoms with Crippen LogP contribution in [0.5, 0.6) is 5.75 Å². The monoisotopic (exact) mass is 395 g/mol. The molecule has 154 valence electrons. The molecule has 5 heteroatoms. The van der Waals surface area contributed by atoms with Crippen molar-refractivity contribution in [3.63, 3.8) is 0 Å². The predicted molar refractivity (Wildman–Crippen MR) is 112 cm³/mol. The topological polar surface area (TPSA) is 48.0 Å². The molecule has 1 amide bonds. The van der Waals surface area contributed by atoms with E-state index in [2.05, 4.69) is 19.1 Å². The van der Waals surface area contributed by atoms with Crippen LogP contribution in [0, 0.1) is 0 Å². The lowest BCUT2D eigenvalue weighted by molar-refractivity contribution is -0.180. The number of fused-ring (bicyclic) bond motifs is 2. The maximum absolute atomic E-state index is 13.5. The fourth-order valence-electron chi connectivity index (χ4n) is 4.04. The van der Waals surface area contributed by atoms with Crippen LogP contribution in [0.25, 0.3) is 0 Å². The fourth-order valence-corrected chi connectivity index (χ4v) is 4.04. The number of rotatable bonds is 7. The number of aryl methyl sites for hydroxylation is 1. The van der Waals surface area contributed by atoms with Crippen LogP contribution < -0.4 is 9.64 Å². The lowest BCUT2D eigenvalue weighted by Gasteiger charge is -2.23. The van der Waals surface area contributed by atoms with Gasteiger partial charge in [0.2, 0.25) is 0 Å². The third-order valence-electron chi connectivity index (χ3n) is 5.41. The minimum absolute atomic E-state index is 0.0617. The fraction of sp³-hybridized carbons (Fsp3) is 0.458. The number of hydrogen-bond donors (Lipinski definition) is 0. The summed E-state index contributed by atoms with van der Waals surface area (Å²) in [6, 6.07) is 14.1. The van der Waals surface area contributed by atoms with Gasteiger partial charge in [0.15, 0.2) is 0 Å². The number of amides is 1. The zero-order valence-electron chi connectivity index (χ0n) is 17.4. The van der Waals surface area contributed by atoms with Crippen molar-refractivity contribution in [2.45, 2.75) is 58.5 Å². The summed E-state index contributed by atoms with van der Waals surface area (Å²) in [6.45, 7) is 7.44. The number of carbonyl (C=O) groups is 1. The SMILES string of the molecule is CCCCc1ccc2c(c1)C1(OCCO1)C(=O)N2Cc1ccccc1OC(C)C. The lowest BCUT2D eigenvalue weighted by atomic mass is 10.0. The molecule has 5 nitrogen and oxygen atoms in total. The van der Waals surface area contributed by atoms with Gasteiger partial charge in [0.25, 0.3) is 11.7 Å². The van der Waals surface area contributed by atoms with E-state index in [0.717, 1.165) is 41.8 Å². The summed E-state index contributed by atoms with van der Waals surface area (Å²) in [4.78, 5) is 15.3.